The van der Waals surface area contributed by atoms with Crippen molar-refractivity contribution in [2.75, 3.05) is 7.11 Å². The van der Waals surface area contributed by atoms with E-state index in [4.69, 9.17) is 9.47 Å². The molecule has 8 heteroatoms. The number of hydrogen-bond donors (Lipinski definition) is 0. The first-order valence-electron chi connectivity index (χ1n) is 9.23. The summed E-state index contributed by atoms with van der Waals surface area (Å²) in [4.78, 5) is 15.6. The van der Waals surface area contributed by atoms with Gasteiger partial charge in [-0.25, -0.2) is 4.57 Å². The van der Waals surface area contributed by atoms with Crippen LogP contribution in [0.2, 0.25) is 0 Å². The molecule has 28 heavy (non-hydrogen) atoms. The van der Waals surface area contributed by atoms with Crippen molar-refractivity contribution in [2.24, 2.45) is 5.92 Å². The molecule has 0 amide bonds. The van der Waals surface area contributed by atoms with Gasteiger partial charge < -0.3 is 9.47 Å². The predicted octanol–water partition coefficient (Wildman–Crippen LogP) is 3.20. The third-order valence-electron chi connectivity index (χ3n) is 5.35. The molecule has 1 atom stereocenters. The van der Waals surface area contributed by atoms with Gasteiger partial charge in [-0.15, -0.1) is 21.5 Å². The average Bonchev–Trinajstić information content (AvgIpc) is 3.32. The molecule has 0 fully saturated rings. The van der Waals surface area contributed by atoms with Crippen molar-refractivity contribution in [1.29, 1.82) is 0 Å². The van der Waals surface area contributed by atoms with Crippen molar-refractivity contribution in [2.45, 2.75) is 33.0 Å². The Morgan fingerprint density at radius 3 is 2.79 bits per heavy atom. The maximum absolute atomic E-state index is 13.6. The van der Waals surface area contributed by atoms with Gasteiger partial charge in [0.1, 0.15) is 16.9 Å². The minimum Gasteiger partial charge on any atom is -0.497 e. The molecule has 5 rings (SSSR count). The van der Waals surface area contributed by atoms with Gasteiger partial charge in [0.2, 0.25) is 5.78 Å². The SMILES string of the molecule is COc1ccc(-n2c(=O)c3c4c(sc3n3cnnc23)COC(C(C)C)C4)cc1. The molecule has 0 bridgehead atoms. The number of rotatable bonds is 3. The van der Waals surface area contributed by atoms with E-state index in [1.165, 1.54) is 0 Å². The first kappa shape index (κ1) is 17.4. The molecule has 1 unspecified atom stereocenters. The van der Waals surface area contributed by atoms with Gasteiger partial charge in [-0.2, -0.15) is 0 Å². The van der Waals surface area contributed by atoms with Crippen LogP contribution in [-0.2, 0) is 17.8 Å². The van der Waals surface area contributed by atoms with Crippen LogP contribution >= 0.6 is 11.3 Å². The Morgan fingerprint density at radius 2 is 2.07 bits per heavy atom. The number of hydrogen-bond acceptors (Lipinski definition) is 6. The zero-order chi connectivity index (χ0) is 19.4. The number of fused-ring (bicyclic) bond motifs is 5. The fourth-order valence-corrected chi connectivity index (χ4v) is 4.99. The van der Waals surface area contributed by atoms with E-state index < -0.39 is 0 Å². The van der Waals surface area contributed by atoms with Crippen LogP contribution in [0, 0.1) is 5.92 Å². The molecular weight excluding hydrogens is 376 g/mol. The van der Waals surface area contributed by atoms with Gasteiger partial charge >= 0.3 is 0 Å². The second-order valence-corrected chi connectivity index (χ2v) is 8.40. The Bertz CT molecular complexity index is 1240. The molecule has 7 nitrogen and oxygen atoms in total. The van der Waals surface area contributed by atoms with Crippen molar-refractivity contribution in [3.8, 4) is 11.4 Å². The summed E-state index contributed by atoms with van der Waals surface area (Å²) in [5, 5.41) is 9.03. The van der Waals surface area contributed by atoms with E-state index in [2.05, 4.69) is 24.0 Å². The van der Waals surface area contributed by atoms with Crippen LogP contribution in [-0.4, -0.2) is 32.4 Å². The van der Waals surface area contributed by atoms with E-state index in [1.54, 1.807) is 29.3 Å². The standard InChI is InChI=1S/C20H20N4O3S/c1-11(2)15-8-14-16(9-27-15)28-19-17(14)18(25)24(20-22-21-10-23(19)20)12-4-6-13(26-3)7-5-12/h4-7,10-11,15H,8-9H2,1-3H3. The molecule has 3 aromatic heterocycles. The third-order valence-corrected chi connectivity index (χ3v) is 6.55. The predicted molar refractivity (Wildman–Crippen MR) is 108 cm³/mol. The molecule has 0 spiro atoms. The largest absolute Gasteiger partial charge is 0.497 e. The van der Waals surface area contributed by atoms with Crippen molar-refractivity contribution in [3.63, 3.8) is 0 Å². The molecule has 144 valence electrons. The zero-order valence-corrected chi connectivity index (χ0v) is 16.7. The second-order valence-electron chi connectivity index (χ2n) is 7.32. The fourth-order valence-electron chi connectivity index (χ4n) is 3.78. The van der Waals surface area contributed by atoms with Gasteiger partial charge in [0, 0.05) is 11.3 Å². The lowest BCUT2D eigenvalue weighted by Crippen LogP contribution is -2.28. The van der Waals surface area contributed by atoms with Gasteiger partial charge in [0.25, 0.3) is 5.56 Å². The molecule has 0 saturated carbocycles. The van der Waals surface area contributed by atoms with Crippen LogP contribution in [0.15, 0.2) is 35.4 Å². The Morgan fingerprint density at radius 1 is 1.29 bits per heavy atom. The Hall–Kier alpha value is -2.71. The summed E-state index contributed by atoms with van der Waals surface area (Å²) in [6.45, 7) is 4.85. The normalized spacial score (nSPS) is 16.8. The second kappa shape index (κ2) is 6.42. The number of benzene rings is 1. The number of ether oxygens (including phenoxy) is 2. The van der Waals surface area contributed by atoms with Crippen molar-refractivity contribution >= 4 is 27.3 Å². The Balaban J connectivity index is 1.81. The number of methoxy groups -OCH3 is 1. The topological polar surface area (TPSA) is 70.7 Å². The summed E-state index contributed by atoms with van der Waals surface area (Å²) >= 11 is 1.60. The van der Waals surface area contributed by atoms with Crippen LogP contribution in [0.25, 0.3) is 21.7 Å². The van der Waals surface area contributed by atoms with Gasteiger partial charge in [0.05, 0.1) is 30.9 Å². The lowest BCUT2D eigenvalue weighted by molar-refractivity contribution is 0.00200. The van der Waals surface area contributed by atoms with E-state index in [9.17, 15) is 4.79 Å². The summed E-state index contributed by atoms with van der Waals surface area (Å²) < 4.78 is 14.8. The average molecular weight is 396 g/mol. The minimum absolute atomic E-state index is 0.0671. The summed E-state index contributed by atoms with van der Waals surface area (Å²) in [5.74, 6) is 1.63. The van der Waals surface area contributed by atoms with Crippen LogP contribution < -0.4 is 10.3 Å². The van der Waals surface area contributed by atoms with Crippen LogP contribution in [0.3, 0.4) is 0 Å². The quantitative estimate of drug-likeness (QED) is 0.532. The molecule has 4 heterocycles. The minimum atomic E-state index is -0.0671. The highest BCUT2D eigenvalue weighted by atomic mass is 32.1. The van der Waals surface area contributed by atoms with E-state index in [0.717, 1.165) is 38.5 Å². The summed E-state index contributed by atoms with van der Waals surface area (Å²) in [6, 6.07) is 7.40. The molecule has 1 aliphatic rings. The molecule has 0 N–H and O–H groups in total. The molecule has 0 saturated heterocycles. The lowest BCUT2D eigenvalue weighted by Gasteiger charge is -2.26. The molecule has 0 aliphatic carbocycles. The van der Waals surface area contributed by atoms with Gasteiger partial charge in [-0.1, -0.05) is 13.8 Å². The maximum Gasteiger partial charge on any atom is 0.268 e. The smallest absolute Gasteiger partial charge is 0.268 e. The molecular formula is C20H20N4O3S. The monoisotopic (exact) mass is 396 g/mol. The lowest BCUT2D eigenvalue weighted by atomic mass is 9.96. The highest BCUT2D eigenvalue weighted by Gasteiger charge is 2.29. The van der Waals surface area contributed by atoms with E-state index in [-0.39, 0.29) is 11.7 Å². The summed E-state index contributed by atoms with van der Waals surface area (Å²) in [5.41, 5.74) is 1.77. The van der Waals surface area contributed by atoms with Gasteiger partial charge in [-0.3, -0.25) is 9.20 Å². The fraction of sp³-hybridized carbons (Fsp3) is 0.350. The summed E-state index contributed by atoms with van der Waals surface area (Å²) in [7, 11) is 1.62. The van der Waals surface area contributed by atoms with Gasteiger partial charge in [-0.05, 0) is 35.7 Å². The van der Waals surface area contributed by atoms with Crippen LogP contribution in [0.1, 0.15) is 24.3 Å². The van der Waals surface area contributed by atoms with Crippen molar-refractivity contribution < 1.29 is 9.47 Å². The number of nitrogens with zero attached hydrogens (tertiary/aromatic N) is 4. The van der Waals surface area contributed by atoms with E-state index in [1.807, 2.05) is 28.7 Å². The van der Waals surface area contributed by atoms with Crippen LogP contribution in [0.5, 0.6) is 5.75 Å². The third kappa shape index (κ3) is 2.48. The molecule has 4 aromatic rings. The summed E-state index contributed by atoms with van der Waals surface area (Å²) in [6.07, 6.45) is 2.54. The van der Waals surface area contributed by atoms with Crippen molar-refractivity contribution in [3.05, 3.63) is 51.4 Å². The molecule has 1 aromatic carbocycles. The van der Waals surface area contributed by atoms with Gasteiger partial charge in [0.15, 0.2) is 0 Å². The Labute approximate surface area is 165 Å². The Kier molecular flexibility index (Phi) is 3.99. The zero-order valence-electron chi connectivity index (χ0n) is 15.9. The van der Waals surface area contributed by atoms with Crippen molar-refractivity contribution in [1.82, 2.24) is 19.2 Å². The highest BCUT2D eigenvalue weighted by molar-refractivity contribution is 7.18. The first-order chi connectivity index (χ1) is 13.6. The van der Waals surface area contributed by atoms with E-state index in [0.29, 0.717) is 18.3 Å². The maximum atomic E-state index is 13.6. The number of thiophene rings is 1. The van der Waals surface area contributed by atoms with Crippen LogP contribution in [0.4, 0.5) is 0 Å². The number of aromatic nitrogens is 4. The molecule has 1 aliphatic heterocycles. The van der Waals surface area contributed by atoms with E-state index >= 15 is 0 Å². The molecule has 0 radical (unpaired) electrons. The highest BCUT2D eigenvalue weighted by Crippen LogP contribution is 2.36. The first-order valence-corrected chi connectivity index (χ1v) is 10.0.